The largest absolute Gasteiger partial charge is 0.489 e. The third kappa shape index (κ3) is 6.96. The number of H-pyrrole nitrogens is 1. The van der Waals surface area contributed by atoms with Crippen LogP contribution in [0.3, 0.4) is 0 Å². The number of carbonyl (C=O) groups is 2. The molecule has 0 saturated heterocycles. The number of nitrogens with one attached hydrogen (secondary N) is 2. The number of para-hydroxylation sites is 1. The van der Waals surface area contributed by atoms with E-state index < -0.39 is 18.1 Å². The minimum atomic E-state index is -0.708. The Morgan fingerprint density at radius 2 is 1.80 bits per heavy atom. The van der Waals surface area contributed by atoms with Crippen LogP contribution in [-0.4, -0.2) is 47.5 Å². The van der Waals surface area contributed by atoms with E-state index in [0.29, 0.717) is 39.1 Å². The minimum Gasteiger partial charge on any atom is -0.489 e. The maximum atomic E-state index is 13.8. The van der Waals surface area contributed by atoms with E-state index in [1.165, 1.54) is 7.11 Å². The number of rotatable bonds is 12. The number of hydrogen-bond acceptors (Lipinski definition) is 6. The van der Waals surface area contributed by atoms with Crippen LogP contribution in [0.5, 0.6) is 5.75 Å². The fourth-order valence-corrected chi connectivity index (χ4v) is 5.55. The number of nitrogens with zero attached hydrogens (tertiary/aromatic N) is 1. The van der Waals surface area contributed by atoms with Gasteiger partial charge in [0.2, 0.25) is 5.91 Å². The van der Waals surface area contributed by atoms with Crippen molar-refractivity contribution in [1.82, 2.24) is 15.2 Å². The summed E-state index contributed by atoms with van der Waals surface area (Å²) in [6, 6.07) is 25.1. The van der Waals surface area contributed by atoms with Crippen molar-refractivity contribution in [3.05, 3.63) is 101 Å². The van der Waals surface area contributed by atoms with Crippen molar-refractivity contribution in [1.29, 1.82) is 0 Å². The highest BCUT2D eigenvalue weighted by Crippen LogP contribution is 2.32. The lowest BCUT2D eigenvalue weighted by Crippen LogP contribution is -2.53. The zero-order chi connectivity index (χ0) is 28.6. The lowest BCUT2D eigenvalue weighted by molar-refractivity contribution is -0.146. The number of esters is 1. The van der Waals surface area contributed by atoms with Gasteiger partial charge in [-0.2, -0.15) is 0 Å². The summed E-state index contributed by atoms with van der Waals surface area (Å²) in [6.07, 6.45) is 2.53. The molecule has 4 N–H and O–H groups in total. The number of benzene rings is 3. The molecule has 0 fully saturated rings. The molecular formula is C33H38N4O4. The van der Waals surface area contributed by atoms with Gasteiger partial charge in [-0.05, 0) is 67.1 Å². The standard InChI is InChI=1S/C33H38N4O4/c1-40-33(39)29(16-7-8-17-34)36-32(38)31-19-27-26-14-5-6-15-28(26)35-30(27)21-37(31)20-24-12-9-13-25(18-24)41-22-23-10-3-2-4-11-23/h2-6,9-15,18,29,31,35H,7-8,16-17,19-22,34H2,1H3,(H,36,38). The summed E-state index contributed by atoms with van der Waals surface area (Å²) >= 11 is 0. The normalized spacial score (nSPS) is 15.7. The van der Waals surface area contributed by atoms with Gasteiger partial charge in [-0.25, -0.2) is 4.79 Å². The topological polar surface area (TPSA) is 110 Å². The Bertz CT molecular complexity index is 1470. The number of aromatic nitrogens is 1. The zero-order valence-electron chi connectivity index (χ0n) is 23.5. The lowest BCUT2D eigenvalue weighted by atomic mass is 9.95. The molecule has 1 aliphatic rings. The number of amides is 1. The van der Waals surface area contributed by atoms with Gasteiger partial charge in [-0.15, -0.1) is 0 Å². The molecule has 0 bridgehead atoms. The first-order valence-electron chi connectivity index (χ1n) is 14.2. The highest BCUT2D eigenvalue weighted by Gasteiger charge is 2.35. The molecule has 3 aromatic carbocycles. The summed E-state index contributed by atoms with van der Waals surface area (Å²) < 4.78 is 11.1. The van der Waals surface area contributed by atoms with E-state index in [2.05, 4.69) is 33.4 Å². The Hall–Kier alpha value is -4.14. The molecule has 2 unspecified atom stereocenters. The fraction of sp³-hybridized carbons (Fsp3) is 0.333. The summed E-state index contributed by atoms with van der Waals surface area (Å²) in [4.78, 5) is 32.1. The van der Waals surface area contributed by atoms with Crippen LogP contribution in [0.25, 0.3) is 10.9 Å². The minimum absolute atomic E-state index is 0.180. The van der Waals surface area contributed by atoms with Crippen LogP contribution in [0.15, 0.2) is 78.9 Å². The maximum absolute atomic E-state index is 13.8. The van der Waals surface area contributed by atoms with Crippen LogP contribution in [0, 0.1) is 0 Å². The van der Waals surface area contributed by atoms with Crippen LogP contribution < -0.4 is 15.8 Å². The van der Waals surface area contributed by atoms with E-state index in [1.807, 2.05) is 60.7 Å². The number of nitrogens with two attached hydrogens (primary N) is 1. The maximum Gasteiger partial charge on any atom is 0.328 e. The van der Waals surface area contributed by atoms with Crippen molar-refractivity contribution < 1.29 is 19.1 Å². The number of ether oxygens (including phenoxy) is 2. The van der Waals surface area contributed by atoms with Crippen molar-refractivity contribution in [2.24, 2.45) is 5.73 Å². The van der Waals surface area contributed by atoms with Crippen molar-refractivity contribution in [3.63, 3.8) is 0 Å². The van der Waals surface area contributed by atoms with Gasteiger partial charge in [0, 0.05) is 29.7 Å². The van der Waals surface area contributed by atoms with Gasteiger partial charge in [0.15, 0.2) is 0 Å². The molecule has 41 heavy (non-hydrogen) atoms. The van der Waals surface area contributed by atoms with Crippen molar-refractivity contribution in [2.45, 2.75) is 57.5 Å². The molecule has 1 amide bonds. The second kappa shape index (κ2) is 13.5. The highest BCUT2D eigenvalue weighted by molar-refractivity contribution is 5.90. The number of carbonyl (C=O) groups excluding carboxylic acids is 2. The Balaban J connectivity index is 1.37. The molecule has 1 aliphatic heterocycles. The van der Waals surface area contributed by atoms with Crippen LogP contribution >= 0.6 is 0 Å². The van der Waals surface area contributed by atoms with Gasteiger partial charge in [-0.1, -0.05) is 60.7 Å². The molecule has 2 heterocycles. The Morgan fingerprint density at radius 1 is 1.02 bits per heavy atom. The molecule has 214 valence electrons. The van der Waals surface area contributed by atoms with Gasteiger partial charge >= 0.3 is 5.97 Å². The molecule has 8 heteroatoms. The molecule has 5 rings (SSSR count). The van der Waals surface area contributed by atoms with E-state index in [4.69, 9.17) is 15.2 Å². The number of aromatic amines is 1. The summed E-state index contributed by atoms with van der Waals surface area (Å²) in [7, 11) is 1.35. The predicted molar refractivity (Wildman–Crippen MR) is 159 cm³/mol. The molecule has 2 atom stereocenters. The van der Waals surface area contributed by atoms with Gasteiger partial charge < -0.3 is 25.5 Å². The molecule has 0 aliphatic carbocycles. The quantitative estimate of drug-likeness (QED) is 0.176. The van der Waals surface area contributed by atoms with Crippen molar-refractivity contribution >= 4 is 22.8 Å². The average Bonchev–Trinajstić information content (AvgIpc) is 3.37. The summed E-state index contributed by atoms with van der Waals surface area (Å²) in [6.45, 7) is 2.14. The zero-order valence-corrected chi connectivity index (χ0v) is 23.5. The molecule has 0 spiro atoms. The SMILES string of the molecule is COC(=O)C(CCCCN)NC(=O)C1Cc2c([nH]c3ccccc23)CN1Cc1cccc(OCc2ccccc2)c1. The first kappa shape index (κ1) is 28.4. The van der Waals surface area contributed by atoms with E-state index in [0.717, 1.165) is 51.9 Å². The fourth-order valence-electron chi connectivity index (χ4n) is 5.55. The van der Waals surface area contributed by atoms with E-state index >= 15 is 0 Å². The average molecular weight is 555 g/mol. The molecule has 4 aromatic rings. The third-order valence-electron chi connectivity index (χ3n) is 7.69. The van der Waals surface area contributed by atoms with Crippen LogP contribution in [0.4, 0.5) is 0 Å². The first-order chi connectivity index (χ1) is 20.1. The van der Waals surface area contributed by atoms with Crippen molar-refractivity contribution in [3.8, 4) is 5.75 Å². The van der Waals surface area contributed by atoms with E-state index in [9.17, 15) is 9.59 Å². The Labute approximate surface area is 240 Å². The molecule has 8 nitrogen and oxygen atoms in total. The monoisotopic (exact) mass is 554 g/mol. The Kier molecular flexibility index (Phi) is 9.33. The van der Waals surface area contributed by atoms with Crippen molar-refractivity contribution in [2.75, 3.05) is 13.7 Å². The highest BCUT2D eigenvalue weighted by atomic mass is 16.5. The van der Waals surface area contributed by atoms with Crippen LogP contribution in [-0.2, 0) is 40.4 Å². The number of methoxy groups -OCH3 is 1. The summed E-state index contributed by atoms with van der Waals surface area (Å²) in [5, 5.41) is 4.13. The number of fused-ring (bicyclic) bond motifs is 3. The van der Waals surface area contributed by atoms with E-state index in [1.54, 1.807) is 0 Å². The number of hydrogen-bond donors (Lipinski definition) is 3. The smallest absolute Gasteiger partial charge is 0.328 e. The van der Waals surface area contributed by atoms with Crippen LogP contribution in [0.1, 0.15) is 41.6 Å². The first-order valence-corrected chi connectivity index (χ1v) is 14.2. The molecular weight excluding hydrogens is 516 g/mol. The van der Waals surface area contributed by atoms with Crippen LogP contribution in [0.2, 0.25) is 0 Å². The molecule has 0 saturated carbocycles. The number of unbranched alkanes of at least 4 members (excludes halogenated alkanes) is 1. The van der Waals surface area contributed by atoms with Gasteiger partial charge in [0.05, 0.1) is 13.2 Å². The molecule has 0 radical (unpaired) electrons. The Morgan fingerprint density at radius 3 is 2.61 bits per heavy atom. The van der Waals surface area contributed by atoms with Gasteiger partial charge in [0.25, 0.3) is 0 Å². The van der Waals surface area contributed by atoms with E-state index in [-0.39, 0.29) is 5.91 Å². The second-order valence-electron chi connectivity index (χ2n) is 10.5. The van der Waals surface area contributed by atoms with Gasteiger partial charge in [0.1, 0.15) is 18.4 Å². The summed E-state index contributed by atoms with van der Waals surface area (Å²) in [5.74, 6) is 0.163. The second-order valence-corrected chi connectivity index (χ2v) is 10.5. The lowest BCUT2D eigenvalue weighted by Gasteiger charge is -2.35. The van der Waals surface area contributed by atoms with Gasteiger partial charge in [-0.3, -0.25) is 9.69 Å². The third-order valence-corrected chi connectivity index (χ3v) is 7.69. The molecule has 1 aromatic heterocycles. The summed E-state index contributed by atoms with van der Waals surface area (Å²) in [5.41, 5.74) is 11.1. The predicted octanol–water partition coefficient (Wildman–Crippen LogP) is 4.46.